The highest BCUT2D eigenvalue weighted by atomic mass is 16.5. The molecular weight excluding hydrogens is 234 g/mol. The second kappa shape index (κ2) is 5.06. The van der Waals surface area contributed by atoms with Gasteiger partial charge in [0.1, 0.15) is 12.4 Å². The molecule has 0 amide bonds. The fourth-order valence-electron chi connectivity index (χ4n) is 2.74. The van der Waals surface area contributed by atoms with Crippen LogP contribution in [0.25, 0.3) is 0 Å². The van der Waals surface area contributed by atoms with E-state index in [4.69, 9.17) is 4.74 Å². The van der Waals surface area contributed by atoms with E-state index in [-0.39, 0.29) is 0 Å². The van der Waals surface area contributed by atoms with Gasteiger partial charge in [0, 0.05) is 12.1 Å². The van der Waals surface area contributed by atoms with E-state index in [1.807, 2.05) is 12.1 Å². The molecule has 0 fully saturated rings. The molecule has 0 saturated heterocycles. The highest BCUT2D eigenvalue weighted by Gasteiger charge is 2.22. The lowest BCUT2D eigenvalue weighted by Crippen LogP contribution is -2.22. The van der Waals surface area contributed by atoms with Crippen molar-refractivity contribution in [1.29, 1.82) is 0 Å². The Morgan fingerprint density at radius 3 is 2.63 bits per heavy atom. The van der Waals surface area contributed by atoms with E-state index in [0.717, 1.165) is 18.9 Å². The molecule has 0 aromatic heterocycles. The SMILES string of the molecule is Cc1cc(C)cc(CNC2COc3ccccc32)c1. The van der Waals surface area contributed by atoms with E-state index < -0.39 is 0 Å². The van der Waals surface area contributed by atoms with Crippen molar-refractivity contribution in [2.45, 2.75) is 26.4 Å². The zero-order chi connectivity index (χ0) is 13.2. The summed E-state index contributed by atoms with van der Waals surface area (Å²) >= 11 is 0. The Hall–Kier alpha value is -1.80. The Morgan fingerprint density at radius 2 is 1.84 bits per heavy atom. The van der Waals surface area contributed by atoms with Crippen molar-refractivity contribution in [3.05, 3.63) is 64.7 Å². The Morgan fingerprint density at radius 1 is 1.11 bits per heavy atom. The van der Waals surface area contributed by atoms with Crippen LogP contribution in [0.2, 0.25) is 0 Å². The van der Waals surface area contributed by atoms with Gasteiger partial charge in [-0.3, -0.25) is 0 Å². The summed E-state index contributed by atoms with van der Waals surface area (Å²) in [5.41, 5.74) is 5.24. The predicted octanol–water partition coefficient (Wildman–Crippen LogP) is 3.53. The normalized spacial score (nSPS) is 17.1. The van der Waals surface area contributed by atoms with Gasteiger partial charge >= 0.3 is 0 Å². The van der Waals surface area contributed by atoms with Crippen molar-refractivity contribution in [3.8, 4) is 5.75 Å². The van der Waals surface area contributed by atoms with Gasteiger partial charge in [0.05, 0.1) is 6.04 Å². The molecule has 2 heteroatoms. The van der Waals surface area contributed by atoms with Crippen molar-refractivity contribution >= 4 is 0 Å². The summed E-state index contributed by atoms with van der Waals surface area (Å²) in [6.07, 6.45) is 0. The highest BCUT2D eigenvalue weighted by Crippen LogP contribution is 2.31. The molecule has 2 aromatic carbocycles. The minimum absolute atomic E-state index is 0.303. The second-order valence-corrected chi connectivity index (χ2v) is 5.28. The van der Waals surface area contributed by atoms with Crippen molar-refractivity contribution < 1.29 is 4.74 Å². The lowest BCUT2D eigenvalue weighted by Gasteiger charge is -2.12. The summed E-state index contributed by atoms with van der Waals surface area (Å²) in [4.78, 5) is 0. The fourth-order valence-corrected chi connectivity index (χ4v) is 2.74. The molecule has 1 atom stereocenters. The molecule has 2 aromatic rings. The standard InChI is InChI=1S/C17H19NO/c1-12-7-13(2)9-14(8-12)10-18-16-11-19-17-6-4-3-5-15(16)17/h3-9,16,18H,10-11H2,1-2H3. The Labute approximate surface area is 114 Å². The van der Waals surface area contributed by atoms with Crippen molar-refractivity contribution in [2.75, 3.05) is 6.61 Å². The Bertz CT molecular complexity index is 571. The average molecular weight is 253 g/mol. The van der Waals surface area contributed by atoms with Crippen LogP contribution in [0.3, 0.4) is 0 Å². The molecule has 19 heavy (non-hydrogen) atoms. The molecule has 0 saturated carbocycles. The van der Waals surface area contributed by atoms with Crippen LogP contribution in [0.1, 0.15) is 28.3 Å². The number of benzene rings is 2. The zero-order valence-corrected chi connectivity index (χ0v) is 11.4. The lowest BCUT2D eigenvalue weighted by atomic mass is 10.1. The maximum atomic E-state index is 5.68. The highest BCUT2D eigenvalue weighted by molar-refractivity contribution is 5.39. The van der Waals surface area contributed by atoms with Crippen LogP contribution >= 0.6 is 0 Å². The number of hydrogen-bond donors (Lipinski definition) is 1. The minimum atomic E-state index is 0.303. The monoisotopic (exact) mass is 253 g/mol. The molecule has 1 unspecified atom stereocenters. The average Bonchev–Trinajstić information content (AvgIpc) is 2.78. The van der Waals surface area contributed by atoms with Gasteiger partial charge in [-0.1, -0.05) is 47.5 Å². The van der Waals surface area contributed by atoms with Gasteiger partial charge in [-0.15, -0.1) is 0 Å². The van der Waals surface area contributed by atoms with E-state index >= 15 is 0 Å². The number of hydrogen-bond acceptors (Lipinski definition) is 2. The number of ether oxygens (including phenoxy) is 1. The quantitative estimate of drug-likeness (QED) is 0.903. The van der Waals surface area contributed by atoms with Crippen molar-refractivity contribution in [2.24, 2.45) is 0 Å². The van der Waals surface area contributed by atoms with E-state index in [9.17, 15) is 0 Å². The maximum Gasteiger partial charge on any atom is 0.124 e. The maximum absolute atomic E-state index is 5.68. The van der Waals surface area contributed by atoms with E-state index in [2.05, 4.69) is 49.5 Å². The summed E-state index contributed by atoms with van der Waals surface area (Å²) in [7, 11) is 0. The molecule has 0 spiro atoms. The predicted molar refractivity (Wildman–Crippen MR) is 77.4 cm³/mol. The van der Waals surface area contributed by atoms with Crippen LogP contribution in [0.5, 0.6) is 5.75 Å². The molecule has 1 N–H and O–H groups in total. The Kier molecular flexibility index (Phi) is 3.26. The van der Waals surface area contributed by atoms with E-state index in [1.165, 1.54) is 22.3 Å². The lowest BCUT2D eigenvalue weighted by molar-refractivity contribution is 0.310. The molecule has 1 aliphatic heterocycles. The third-order valence-electron chi connectivity index (χ3n) is 3.53. The third kappa shape index (κ3) is 2.64. The van der Waals surface area contributed by atoms with Gasteiger partial charge in [0.25, 0.3) is 0 Å². The van der Waals surface area contributed by atoms with Crippen LogP contribution in [-0.2, 0) is 6.54 Å². The largest absolute Gasteiger partial charge is 0.491 e. The first-order valence-corrected chi connectivity index (χ1v) is 6.74. The molecule has 1 heterocycles. The molecule has 98 valence electrons. The fraction of sp³-hybridized carbons (Fsp3) is 0.294. The molecule has 0 radical (unpaired) electrons. The summed E-state index contributed by atoms with van der Waals surface area (Å²) < 4.78 is 5.68. The molecule has 1 aliphatic rings. The first-order chi connectivity index (χ1) is 9.22. The minimum Gasteiger partial charge on any atom is -0.491 e. The van der Waals surface area contributed by atoms with Crippen LogP contribution < -0.4 is 10.1 Å². The molecular formula is C17H19NO. The molecule has 0 bridgehead atoms. The molecule has 2 nitrogen and oxygen atoms in total. The smallest absolute Gasteiger partial charge is 0.124 e. The first kappa shape index (κ1) is 12.2. The summed E-state index contributed by atoms with van der Waals surface area (Å²) in [6, 6.07) is 15.2. The van der Waals surface area contributed by atoms with Gasteiger partial charge in [-0.25, -0.2) is 0 Å². The van der Waals surface area contributed by atoms with Crippen molar-refractivity contribution in [1.82, 2.24) is 5.32 Å². The topological polar surface area (TPSA) is 21.3 Å². The summed E-state index contributed by atoms with van der Waals surface area (Å²) in [5.74, 6) is 1.01. The zero-order valence-electron chi connectivity index (χ0n) is 11.4. The van der Waals surface area contributed by atoms with Crippen LogP contribution in [0.15, 0.2) is 42.5 Å². The van der Waals surface area contributed by atoms with Gasteiger partial charge < -0.3 is 10.1 Å². The van der Waals surface area contributed by atoms with E-state index in [1.54, 1.807) is 0 Å². The molecule has 3 rings (SSSR count). The van der Waals surface area contributed by atoms with Crippen molar-refractivity contribution in [3.63, 3.8) is 0 Å². The number of para-hydroxylation sites is 1. The van der Waals surface area contributed by atoms with Gasteiger partial charge in [-0.05, 0) is 25.5 Å². The summed E-state index contributed by atoms with van der Waals surface area (Å²) in [6.45, 7) is 5.89. The third-order valence-corrected chi connectivity index (χ3v) is 3.53. The van der Waals surface area contributed by atoms with Crippen LogP contribution in [-0.4, -0.2) is 6.61 Å². The van der Waals surface area contributed by atoms with Crippen LogP contribution in [0, 0.1) is 13.8 Å². The van der Waals surface area contributed by atoms with Crippen LogP contribution in [0.4, 0.5) is 0 Å². The summed E-state index contributed by atoms with van der Waals surface area (Å²) in [5, 5.41) is 3.58. The van der Waals surface area contributed by atoms with Gasteiger partial charge in [0.15, 0.2) is 0 Å². The number of nitrogens with one attached hydrogen (secondary N) is 1. The number of fused-ring (bicyclic) bond motifs is 1. The van der Waals surface area contributed by atoms with Gasteiger partial charge in [0.2, 0.25) is 0 Å². The first-order valence-electron chi connectivity index (χ1n) is 6.74. The Balaban J connectivity index is 1.70. The number of aryl methyl sites for hydroxylation is 2. The number of rotatable bonds is 3. The van der Waals surface area contributed by atoms with E-state index in [0.29, 0.717) is 6.04 Å². The second-order valence-electron chi connectivity index (χ2n) is 5.28. The van der Waals surface area contributed by atoms with Gasteiger partial charge in [-0.2, -0.15) is 0 Å². The molecule has 0 aliphatic carbocycles.